The van der Waals surface area contributed by atoms with Crippen molar-refractivity contribution in [3.8, 4) is 5.75 Å². The molecule has 2 atom stereocenters. The maximum atomic E-state index is 5.93. The van der Waals surface area contributed by atoms with E-state index in [4.69, 9.17) is 9.47 Å². The fraction of sp³-hybridized carbons (Fsp3) is 0.647. The maximum absolute atomic E-state index is 5.93. The lowest BCUT2D eigenvalue weighted by molar-refractivity contribution is 0.0679. The molecule has 1 N–H and O–H groups in total. The average molecular weight is 275 g/mol. The molecule has 110 valence electrons. The Morgan fingerprint density at radius 1 is 1.30 bits per heavy atom. The Bertz CT molecular complexity index is 441. The predicted octanol–water partition coefficient (Wildman–Crippen LogP) is 3.23. The van der Waals surface area contributed by atoms with Gasteiger partial charge in [0.2, 0.25) is 0 Å². The minimum absolute atomic E-state index is 0.288. The Kier molecular flexibility index (Phi) is 4.58. The third kappa shape index (κ3) is 3.15. The van der Waals surface area contributed by atoms with Gasteiger partial charge in [-0.3, -0.25) is 0 Å². The number of nitrogens with one attached hydrogen (secondary N) is 1. The number of fused-ring (bicyclic) bond motifs is 1. The van der Waals surface area contributed by atoms with Gasteiger partial charge in [-0.15, -0.1) is 0 Å². The van der Waals surface area contributed by atoms with E-state index in [1.807, 2.05) is 0 Å². The highest BCUT2D eigenvalue weighted by molar-refractivity contribution is 5.39. The highest BCUT2D eigenvalue weighted by atomic mass is 16.5. The minimum Gasteiger partial charge on any atom is -0.491 e. The van der Waals surface area contributed by atoms with Gasteiger partial charge >= 0.3 is 0 Å². The summed E-state index contributed by atoms with van der Waals surface area (Å²) in [5.74, 6) is 0.990. The summed E-state index contributed by atoms with van der Waals surface area (Å²) >= 11 is 0. The molecular formula is C17H25NO2. The summed E-state index contributed by atoms with van der Waals surface area (Å²) in [5, 5.41) is 3.58. The van der Waals surface area contributed by atoms with Gasteiger partial charge in [0.15, 0.2) is 0 Å². The monoisotopic (exact) mass is 275 g/mol. The van der Waals surface area contributed by atoms with Gasteiger partial charge in [-0.1, -0.05) is 13.0 Å². The van der Waals surface area contributed by atoms with Crippen molar-refractivity contribution < 1.29 is 9.47 Å². The Balaban J connectivity index is 1.68. The molecule has 1 heterocycles. The number of aryl methyl sites for hydroxylation is 1. The molecule has 0 amide bonds. The smallest absolute Gasteiger partial charge is 0.119 e. The van der Waals surface area contributed by atoms with Crippen molar-refractivity contribution in [3.05, 3.63) is 29.3 Å². The van der Waals surface area contributed by atoms with Crippen LogP contribution in [0.1, 0.15) is 49.8 Å². The van der Waals surface area contributed by atoms with Crippen LogP contribution in [0.25, 0.3) is 0 Å². The van der Waals surface area contributed by atoms with E-state index in [9.17, 15) is 0 Å². The summed E-state index contributed by atoms with van der Waals surface area (Å²) in [6, 6.07) is 7.08. The number of benzene rings is 1. The van der Waals surface area contributed by atoms with Crippen LogP contribution >= 0.6 is 0 Å². The number of hydrogen-bond acceptors (Lipinski definition) is 3. The first-order valence-electron chi connectivity index (χ1n) is 7.97. The normalized spacial score (nSPS) is 25.4. The molecule has 0 spiro atoms. The number of ether oxygens (including phenoxy) is 2. The number of rotatable bonds is 5. The second-order valence-electron chi connectivity index (χ2n) is 5.81. The van der Waals surface area contributed by atoms with Crippen molar-refractivity contribution in [1.29, 1.82) is 0 Å². The van der Waals surface area contributed by atoms with Crippen LogP contribution in [0.3, 0.4) is 0 Å². The number of hydrogen-bond donors (Lipinski definition) is 1. The highest BCUT2D eigenvalue weighted by Gasteiger charge is 2.20. The molecule has 1 fully saturated rings. The molecule has 0 bridgehead atoms. The van der Waals surface area contributed by atoms with E-state index >= 15 is 0 Å². The summed E-state index contributed by atoms with van der Waals surface area (Å²) < 4.78 is 11.5. The first-order valence-corrected chi connectivity index (χ1v) is 7.97. The molecule has 1 aromatic carbocycles. The van der Waals surface area contributed by atoms with Crippen molar-refractivity contribution in [3.63, 3.8) is 0 Å². The standard InChI is InChI=1S/C17H25NO2/c1-2-18-17-7-3-5-13-8-9-14(11-16(13)17)20-12-15-6-4-10-19-15/h8-9,11,15,17-18H,2-7,10,12H2,1H3. The van der Waals surface area contributed by atoms with E-state index in [1.165, 1.54) is 36.8 Å². The summed E-state index contributed by atoms with van der Waals surface area (Å²) in [7, 11) is 0. The van der Waals surface area contributed by atoms with Gasteiger partial charge < -0.3 is 14.8 Å². The predicted molar refractivity (Wildman–Crippen MR) is 80.3 cm³/mol. The van der Waals surface area contributed by atoms with Gasteiger partial charge in [0.25, 0.3) is 0 Å². The quantitative estimate of drug-likeness (QED) is 0.895. The van der Waals surface area contributed by atoms with Crippen LogP contribution in [-0.2, 0) is 11.2 Å². The topological polar surface area (TPSA) is 30.5 Å². The van der Waals surface area contributed by atoms with E-state index in [2.05, 4.69) is 30.4 Å². The molecule has 3 nitrogen and oxygen atoms in total. The molecule has 20 heavy (non-hydrogen) atoms. The first-order chi connectivity index (χ1) is 9.86. The second-order valence-corrected chi connectivity index (χ2v) is 5.81. The Morgan fingerprint density at radius 3 is 3.05 bits per heavy atom. The van der Waals surface area contributed by atoms with E-state index in [-0.39, 0.29) is 6.10 Å². The van der Waals surface area contributed by atoms with Crippen LogP contribution in [-0.4, -0.2) is 25.9 Å². The second kappa shape index (κ2) is 6.59. The van der Waals surface area contributed by atoms with Gasteiger partial charge in [-0.25, -0.2) is 0 Å². The molecule has 1 aromatic rings. The van der Waals surface area contributed by atoms with Crippen LogP contribution in [0.15, 0.2) is 18.2 Å². The van der Waals surface area contributed by atoms with E-state index in [1.54, 1.807) is 0 Å². The summed E-state index contributed by atoms with van der Waals surface area (Å²) in [5.41, 5.74) is 2.91. The molecule has 1 saturated heterocycles. The zero-order chi connectivity index (χ0) is 13.8. The molecule has 0 saturated carbocycles. The molecular weight excluding hydrogens is 250 g/mol. The van der Waals surface area contributed by atoms with Crippen LogP contribution in [0, 0.1) is 0 Å². The minimum atomic E-state index is 0.288. The summed E-state index contributed by atoms with van der Waals surface area (Å²) in [6.45, 7) is 4.77. The average Bonchev–Trinajstić information content (AvgIpc) is 2.99. The highest BCUT2D eigenvalue weighted by Crippen LogP contribution is 2.32. The molecule has 0 radical (unpaired) electrons. The van der Waals surface area contributed by atoms with Gasteiger partial charge in [-0.2, -0.15) is 0 Å². The Morgan fingerprint density at radius 2 is 2.25 bits per heavy atom. The van der Waals surface area contributed by atoms with Crippen molar-refractivity contribution >= 4 is 0 Å². The molecule has 1 aliphatic heterocycles. The van der Waals surface area contributed by atoms with Gasteiger partial charge in [0.05, 0.1) is 6.10 Å². The lowest BCUT2D eigenvalue weighted by Crippen LogP contribution is -2.25. The molecule has 0 aromatic heterocycles. The largest absolute Gasteiger partial charge is 0.491 e. The van der Waals surface area contributed by atoms with E-state index in [0.29, 0.717) is 12.6 Å². The first kappa shape index (κ1) is 13.9. The molecule has 3 rings (SSSR count). The summed E-state index contributed by atoms with van der Waals surface area (Å²) in [4.78, 5) is 0. The van der Waals surface area contributed by atoms with Crippen molar-refractivity contribution in [2.75, 3.05) is 19.8 Å². The summed E-state index contributed by atoms with van der Waals surface area (Å²) in [6.07, 6.45) is 6.29. The maximum Gasteiger partial charge on any atom is 0.119 e. The fourth-order valence-corrected chi connectivity index (χ4v) is 3.29. The van der Waals surface area contributed by atoms with Gasteiger partial charge in [0.1, 0.15) is 12.4 Å². The van der Waals surface area contributed by atoms with E-state index in [0.717, 1.165) is 25.3 Å². The molecule has 3 heteroatoms. The van der Waals surface area contributed by atoms with Crippen LogP contribution in [0.5, 0.6) is 5.75 Å². The van der Waals surface area contributed by atoms with Crippen LogP contribution in [0.4, 0.5) is 0 Å². The van der Waals surface area contributed by atoms with Gasteiger partial charge in [-0.05, 0) is 61.9 Å². The zero-order valence-electron chi connectivity index (χ0n) is 12.4. The molecule has 2 unspecified atom stereocenters. The Labute approximate surface area is 121 Å². The third-order valence-corrected chi connectivity index (χ3v) is 4.34. The van der Waals surface area contributed by atoms with Crippen LogP contribution in [0.2, 0.25) is 0 Å². The molecule has 1 aliphatic carbocycles. The van der Waals surface area contributed by atoms with Crippen molar-refractivity contribution in [2.45, 2.75) is 51.2 Å². The zero-order valence-corrected chi connectivity index (χ0v) is 12.4. The SMILES string of the molecule is CCNC1CCCc2ccc(OCC3CCCO3)cc21. The van der Waals surface area contributed by atoms with Gasteiger partial charge in [0, 0.05) is 12.6 Å². The third-order valence-electron chi connectivity index (χ3n) is 4.34. The lowest BCUT2D eigenvalue weighted by Gasteiger charge is -2.26. The van der Waals surface area contributed by atoms with E-state index < -0.39 is 0 Å². The van der Waals surface area contributed by atoms with Crippen molar-refractivity contribution in [2.24, 2.45) is 0 Å². The Hall–Kier alpha value is -1.06. The fourth-order valence-electron chi connectivity index (χ4n) is 3.29. The van der Waals surface area contributed by atoms with Crippen LogP contribution < -0.4 is 10.1 Å². The molecule has 2 aliphatic rings. The van der Waals surface area contributed by atoms with Crippen molar-refractivity contribution in [1.82, 2.24) is 5.32 Å². The lowest BCUT2D eigenvalue weighted by atomic mass is 9.87.